The maximum absolute atomic E-state index is 10.4. The van der Waals surface area contributed by atoms with E-state index in [2.05, 4.69) is 11.6 Å². The molecule has 4 nitrogen and oxygen atoms in total. The smallest absolute Gasteiger partial charge is 0.273 e. The van der Waals surface area contributed by atoms with Crippen LogP contribution in [0.5, 0.6) is 0 Å². The van der Waals surface area contributed by atoms with Gasteiger partial charge in [-0.2, -0.15) is 0 Å². The Balaban J connectivity index is 3.79. The molecule has 0 saturated carbocycles. The molecule has 0 aliphatic rings. The number of nitrogens with zero attached hydrogens (tertiary/aromatic N) is 1. The van der Waals surface area contributed by atoms with Crippen LogP contribution in [0.2, 0.25) is 0 Å². The largest absolute Gasteiger partial charge is 0.347 e. The minimum Gasteiger partial charge on any atom is -0.273 e. The van der Waals surface area contributed by atoms with Crippen LogP contribution < -0.4 is 5.32 Å². The van der Waals surface area contributed by atoms with E-state index in [4.69, 9.17) is 0 Å². The fourth-order valence-electron chi connectivity index (χ4n) is 0.306. The van der Waals surface area contributed by atoms with Gasteiger partial charge in [0.15, 0.2) is 0 Å². The summed E-state index contributed by atoms with van der Waals surface area (Å²) < 4.78 is 0. The molecule has 3 amide bonds. The van der Waals surface area contributed by atoms with Crippen molar-refractivity contribution in [2.24, 2.45) is 4.99 Å². The third kappa shape index (κ3) is 3.54. The van der Waals surface area contributed by atoms with Crippen molar-refractivity contribution in [1.82, 2.24) is 5.32 Å². The lowest BCUT2D eigenvalue weighted by Gasteiger charge is -1.91. The number of amides is 3. The molecule has 0 fully saturated rings. The van der Waals surface area contributed by atoms with Crippen LogP contribution in [0.1, 0.15) is 6.92 Å². The van der Waals surface area contributed by atoms with Crippen LogP contribution in [0, 0.1) is 0 Å². The fraction of sp³-hybridized carbons (Fsp3) is 0.167. The topological polar surface area (TPSA) is 58.5 Å². The summed E-state index contributed by atoms with van der Waals surface area (Å²) in [7, 11) is 0. The molecule has 0 unspecified atom stereocenters. The van der Waals surface area contributed by atoms with Gasteiger partial charge < -0.3 is 0 Å². The van der Waals surface area contributed by atoms with Crippen LogP contribution >= 0.6 is 0 Å². The van der Waals surface area contributed by atoms with Crippen LogP contribution in [-0.4, -0.2) is 18.2 Å². The number of carbonyl (C=O) groups excluding carboxylic acids is 2. The average molecular weight is 140 g/mol. The van der Waals surface area contributed by atoms with E-state index in [9.17, 15) is 9.59 Å². The summed E-state index contributed by atoms with van der Waals surface area (Å²) in [6.07, 6.45) is 2.30. The van der Waals surface area contributed by atoms with Crippen LogP contribution in [0.25, 0.3) is 0 Å². The highest BCUT2D eigenvalue weighted by atomic mass is 16.2. The number of nitrogens with one attached hydrogen (secondary N) is 1. The molecule has 10 heavy (non-hydrogen) atoms. The van der Waals surface area contributed by atoms with Gasteiger partial charge in [0.25, 0.3) is 5.91 Å². The molecule has 0 saturated heterocycles. The second-order valence-corrected chi connectivity index (χ2v) is 1.39. The van der Waals surface area contributed by atoms with E-state index < -0.39 is 11.9 Å². The summed E-state index contributed by atoms with van der Waals surface area (Å²) in [6.45, 7) is 4.74. The van der Waals surface area contributed by atoms with E-state index in [0.717, 1.165) is 6.08 Å². The van der Waals surface area contributed by atoms with Crippen molar-refractivity contribution in [1.29, 1.82) is 0 Å². The van der Waals surface area contributed by atoms with Gasteiger partial charge in [-0.15, -0.1) is 0 Å². The minimum atomic E-state index is -0.674. The number of hydrogen-bond acceptors (Lipinski definition) is 2. The summed E-state index contributed by atoms with van der Waals surface area (Å²) >= 11 is 0. The predicted molar refractivity (Wildman–Crippen MR) is 37.9 cm³/mol. The van der Waals surface area contributed by atoms with E-state index >= 15 is 0 Å². The molecule has 0 aliphatic carbocycles. The van der Waals surface area contributed by atoms with Gasteiger partial charge in [-0.3, -0.25) is 10.1 Å². The van der Waals surface area contributed by atoms with Crippen molar-refractivity contribution in [3.8, 4) is 0 Å². The van der Waals surface area contributed by atoms with Crippen LogP contribution in [0.3, 0.4) is 0 Å². The van der Waals surface area contributed by atoms with Gasteiger partial charge in [0.2, 0.25) is 0 Å². The molecule has 0 heterocycles. The molecular weight excluding hydrogens is 132 g/mol. The fourth-order valence-corrected chi connectivity index (χ4v) is 0.306. The molecule has 4 heteroatoms. The zero-order chi connectivity index (χ0) is 7.98. The molecule has 0 aliphatic heterocycles. The minimum absolute atomic E-state index is 0.546. The lowest BCUT2D eigenvalue weighted by atomic mass is 10.6. The highest BCUT2D eigenvalue weighted by Gasteiger charge is 1.98. The first-order chi connectivity index (χ1) is 4.70. The Labute approximate surface area is 58.6 Å². The first-order valence-corrected chi connectivity index (χ1v) is 2.66. The quantitative estimate of drug-likeness (QED) is 0.426. The van der Waals surface area contributed by atoms with Gasteiger partial charge in [0, 0.05) is 6.21 Å². The van der Waals surface area contributed by atoms with Crippen molar-refractivity contribution < 1.29 is 9.59 Å². The lowest BCUT2D eigenvalue weighted by molar-refractivity contribution is -0.115. The summed E-state index contributed by atoms with van der Waals surface area (Å²) in [5, 5.41) is 1.94. The SMILES string of the molecule is C=CC(=O)NC(=O)N=CC. The number of aliphatic imine (C=N–C) groups is 1. The second-order valence-electron chi connectivity index (χ2n) is 1.39. The molecule has 0 aromatic rings. The van der Waals surface area contributed by atoms with Crippen molar-refractivity contribution in [2.75, 3.05) is 0 Å². The molecule has 1 N–H and O–H groups in total. The number of carbonyl (C=O) groups is 2. The van der Waals surface area contributed by atoms with Crippen molar-refractivity contribution in [2.45, 2.75) is 6.92 Å². The Morgan fingerprint density at radius 1 is 1.60 bits per heavy atom. The van der Waals surface area contributed by atoms with Crippen LogP contribution in [0.4, 0.5) is 4.79 Å². The highest BCUT2D eigenvalue weighted by Crippen LogP contribution is 1.73. The van der Waals surface area contributed by atoms with E-state index in [1.807, 2.05) is 5.32 Å². The van der Waals surface area contributed by atoms with E-state index in [0.29, 0.717) is 0 Å². The van der Waals surface area contributed by atoms with E-state index in [1.54, 1.807) is 6.92 Å². The maximum Gasteiger partial charge on any atom is 0.347 e. The monoisotopic (exact) mass is 140 g/mol. The Bertz CT molecular complexity index is 184. The summed E-state index contributed by atoms with van der Waals surface area (Å²) in [5.74, 6) is -0.546. The zero-order valence-corrected chi connectivity index (χ0v) is 5.63. The van der Waals surface area contributed by atoms with Gasteiger partial charge in [-0.05, 0) is 13.0 Å². The van der Waals surface area contributed by atoms with Gasteiger partial charge in [-0.1, -0.05) is 6.58 Å². The normalized spacial score (nSPS) is 9.30. The molecule has 0 bridgehead atoms. The summed E-state index contributed by atoms with van der Waals surface area (Å²) in [5.41, 5.74) is 0. The number of rotatable bonds is 1. The standard InChI is InChI=1S/C6H8N2O2/c1-3-5(9)8-6(10)7-4-2/h3-4H,1H2,2H3,(H,8,9,10). The average Bonchev–Trinajstić information content (AvgIpc) is 1.88. The second kappa shape index (κ2) is 4.43. The first kappa shape index (κ1) is 8.55. The van der Waals surface area contributed by atoms with E-state index in [1.165, 1.54) is 6.21 Å². The first-order valence-electron chi connectivity index (χ1n) is 2.66. The summed E-state index contributed by atoms with van der Waals surface area (Å²) in [4.78, 5) is 24.1. The molecule has 0 aromatic carbocycles. The Morgan fingerprint density at radius 3 is 2.60 bits per heavy atom. The van der Waals surface area contributed by atoms with E-state index in [-0.39, 0.29) is 0 Å². The predicted octanol–water partition coefficient (Wildman–Crippen LogP) is 0.499. The lowest BCUT2D eigenvalue weighted by Crippen LogP contribution is -2.25. The van der Waals surface area contributed by atoms with Gasteiger partial charge in [-0.25, -0.2) is 9.79 Å². The zero-order valence-electron chi connectivity index (χ0n) is 5.63. The Kier molecular flexibility index (Phi) is 3.79. The molecule has 54 valence electrons. The number of imide groups is 1. The maximum atomic E-state index is 10.4. The molecule has 0 spiro atoms. The molecule has 0 aromatic heterocycles. The van der Waals surface area contributed by atoms with Crippen LogP contribution in [0.15, 0.2) is 17.6 Å². The highest BCUT2D eigenvalue weighted by molar-refractivity contribution is 6.01. The summed E-state index contributed by atoms with van der Waals surface area (Å²) in [6, 6.07) is -0.674. The molecule has 0 rings (SSSR count). The van der Waals surface area contributed by atoms with Crippen LogP contribution in [-0.2, 0) is 4.79 Å². The van der Waals surface area contributed by atoms with Crippen molar-refractivity contribution in [3.63, 3.8) is 0 Å². The number of hydrogen-bond donors (Lipinski definition) is 1. The number of urea groups is 1. The van der Waals surface area contributed by atoms with Crippen molar-refractivity contribution in [3.05, 3.63) is 12.7 Å². The Morgan fingerprint density at radius 2 is 2.20 bits per heavy atom. The Hall–Kier alpha value is -1.45. The van der Waals surface area contributed by atoms with Gasteiger partial charge >= 0.3 is 6.03 Å². The third-order valence-corrected chi connectivity index (χ3v) is 0.662. The van der Waals surface area contributed by atoms with Gasteiger partial charge in [0.05, 0.1) is 0 Å². The van der Waals surface area contributed by atoms with Crippen molar-refractivity contribution >= 4 is 18.2 Å². The third-order valence-electron chi connectivity index (χ3n) is 0.662. The molecule has 0 radical (unpaired) electrons. The van der Waals surface area contributed by atoms with Gasteiger partial charge in [0.1, 0.15) is 0 Å². The molecular formula is C6H8N2O2. The molecule has 0 atom stereocenters.